The van der Waals surface area contributed by atoms with Gasteiger partial charge in [0.2, 0.25) is 10.0 Å². The zero-order valence-electron chi connectivity index (χ0n) is 12.3. The zero-order chi connectivity index (χ0) is 15.6. The van der Waals surface area contributed by atoms with Crippen LogP contribution in [0.1, 0.15) is 48.5 Å². The molecule has 0 bridgehead atoms. The molecule has 0 aliphatic heterocycles. The summed E-state index contributed by atoms with van der Waals surface area (Å²) in [6.07, 6.45) is 4.37. The molecule has 2 rings (SSSR count). The van der Waals surface area contributed by atoms with Crippen LogP contribution in [0.15, 0.2) is 23.1 Å². The van der Waals surface area contributed by atoms with Gasteiger partial charge in [-0.05, 0) is 50.3 Å². The van der Waals surface area contributed by atoms with E-state index in [1.54, 1.807) is 6.92 Å². The van der Waals surface area contributed by atoms with Crippen molar-refractivity contribution in [2.45, 2.75) is 50.5 Å². The summed E-state index contributed by atoms with van der Waals surface area (Å²) in [6.45, 7) is 3.52. The van der Waals surface area contributed by atoms with E-state index in [-0.39, 0.29) is 16.5 Å². The van der Waals surface area contributed by atoms with E-state index in [1.807, 2.05) is 6.92 Å². The maximum Gasteiger partial charge on any atom is 0.335 e. The lowest BCUT2D eigenvalue weighted by molar-refractivity contribution is 0.0696. The second-order valence-electron chi connectivity index (χ2n) is 5.74. The van der Waals surface area contributed by atoms with Crippen molar-refractivity contribution in [3.63, 3.8) is 0 Å². The molecule has 0 radical (unpaired) electrons. The van der Waals surface area contributed by atoms with Crippen LogP contribution in [0.4, 0.5) is 0 Å². The highest BCUT2D eigenvalue weighted by atomic mass is 32.2. The zero-order valence-corrected chi connectivity index (χ0v) is 13.1. The molecule has 1 aliphatic carbocycles. The first-order valence-corrected chi connectivity index (χ1v) is 8.66. The molecule has 1 unspecified atom stereocenters. The minimum Gasteiger partial charge on any atom is -0.478 e. The molecule has 1 aromatic rings. The number of rotatable bonds is 5. The van der Waals surface area contributed by atoms with E-state index in [1.165, 1.54) is 18.2 Å². The van der Waals surface area contributed by atoms with Gasteiger partial charge in [0.1, 0.15) is 0 Å². The fraction of sp³-hybridized carbons (Fsp3) is 0.533. The molecule has 5 nitrogen and oxygen atoms in total. The molecule has 2 N–H and O–H groups in total. The average Bonchev–Trinajstić information content (AvgIpc) is 2.92. The predicted octanol–water partition coefficient (Wildman–Crippen LogP) is 2.55. The molecule has 0 amide bonds. The van der Waals surface area contributed by atoms with Crippen LogP contribution in [-0.2, 0) is 10.0 Å². The number of carbonyl (C=O) groups is 1. The van der Waals surface area contributed by atoms with Crippen molar-refractivity contribution in [2.24, 2.45) is 5.92 Å². The number of nitrogens with one attached hydrogen (secondary N) is 1. The first-order valence-electron chi connectivity index (χ1n) is 7.17. The average molecular weight is 311 g/mol. The molecular weight excluding hydrogens is 290 g/mol. The van der Waals surface area contributed by atoms with Gasteiger partial charge in [-0.2, -0.15) is 0 Å². The van der Waals surface area contributed by atoms with Gasteiger partial charge >= 0.3 is 5.97 Å². The van der Waals surface area contributed by atoms with Crippen LogP contribution in [0.5, 0.6) is 0 Å². The fourth-order valence-electron chi connectivity index (χ4n) is 2.87. The number of aryl methyl sites for hydroxylation is 1. The molecule has 0 saturated heterocycles. The van der Waals surface area contributed by atoms with Crippen LogP contribution >= 0.6 is 0 Å². The van der Waals surface area contributed by atoms with E-state index in [4.69, 9.17) is 5.11 Å². The van der Waals surface area contributed by atoms with Crippen LogP contribution in [-0.4, -0.2) is 25.5 Å². The van der Waals surface area contributed by atoms with Crippen molar-refractivity contribution < 1.29 is 18.3 Å². The van der Waals surface area contributed by atoms with Crippen molar-refractivity contribution >= 4 is 16.0 Å². The topological polar surface area (TPSA) is 83.5 Å². The van der Waals surface area contributed by atoms with Crippen LogP contribution in [0, 0.1) is 12.8 Å². The van der Waals surface area contributed by atoms with Crippen molar-refractivity contribution in [1.82, 2.24) is 4.72 Å². The summed E-state index contributed by atoms with van der Waals surface area (Å²) in [7, 11) is -3.68. The number of carboxylic acid groups (broad SMARTS) is 1. The number of aromatic carboxylic acids is 1. The molecule has 1 aliphatic rings. The number of hydrogen-bond acceptors (Lipinski definition) is 3. The third kappa shape index (κ3) is 3.63. The summed E-state index contributed by atoms with van der Waals surface area (Å²) in [6, 6.07) is 4.07. The summed E-state index contributed by atoms with van der Waals surface area (Å²) < 4.78 is 27.4. The Bertz CT molecular complexity index is 633. The van der Waals surface area contributed by atoms with Gasteiger partial charge in [0, 0.05) is 6.04 Å². The summed E-state index contributed by atoms with van der Waals surface area (Å²) in [5, 5.41) is 9.10. The number of carboxylic acids is 1. The Kier molecular flexibility index (Phi) is 4.68. The Balaban J connectivity index is 2.23. The van der Waals surface area contributed by atoms with E-state index in [9.17, 15) is 13.2 Å². The van der Waals surface area contributed by atoms with Crippen LogP contribution in [0.25, 0.3) is 0 Å². The highest BCUT2D eigenvalue weighted by molar-refractivity contribution is 7.89. The van der Waals surface area contributed by atoms with Crippen LogP contribution in [0.2, 0.25) is 0 Å². The van der Waals surface area contributed by atoms with Gasteiger partial charge in [-0.25, -0.2) is 17.9 Å². The van der Waals surface area contributed by atoms with E-state index in [0.717, 1.165) is 25.7 Å². The molecule has 116 valence electrons. The van der Waals surface area contributed by atoms with E-state index >= 15 is 0 Å². The maximum atomic E-state index is 12.4. The van der Waals surface area contributed by atoms with Crippen molar-refractivity contribution in [3.05, 3.63) is 29.3 Å². The molecule has 21 heavy (non-hydrogen) atoms. The monoisotopic (exact) mass is 311 g/mol. The second-order valence-corrected chi connectivity index (χ2v) is 7.45. The Morgan fingerprint density at radius 2 is 1.95 bits per heavy atom. The second kappa shape index (κ2) is 6.15. The standard InChI is InChI=1S/C15H21NO4S/c1-10-7-8-13(9-14(10)15(17)18)21(19,20)16-11(2)12-5-3-4-6-12/h7-9,11-12,16H,3-6H2,1-2H3,(H,17,18). The summed E-state index contributed by atoms with van der Waals surface area (Å²) in [4.78, 5) is 11.1. The van der Waals surface area contributed by atoms with Crippen molar-refractivity contribution in [2.75, 3.05) is 0 Å². The molecule has 0 aromatic heterocycles. The van der Waals surface area contributed by atoms with Gasteiger partial charge in [-0.3, -0.25) is 0 Å². The lowest BCUT2D eigenvalue weighted by Gasteiger charge is -2.20. The van der Waals surface area contributed by atoms with Gasteiger partial charge < -0.3 is 5.11 Å². The van der Waals surface area contributed by atoms with E-state index in [0.29, 0.717) is 11.5 Å². The predicted molar refractivity (Wildman–Crippen MR) is 79.9 cm³/mol. The maximum absolute atomic E-state index is 12.4. The van der Waals surface area contributed by atoms with Crippen LogP contribution in [0.3, 0.4) is 0 Å². The summed E-state index contributed by atoms with van der Waals surface area (Å²) in [5.74, 6) is -0.752. The van der Waals surface area contributed by atoms with E-state index < -0.39 is 16.0 Å². The minimum absolute atomic E-state index is 0.00958. The molecule has 0 spiro atoms. The first kappa shape index (κ1) is 16.0. The molecule has 1 fully saturated rings. The Morgan fingerprint density at radius 3 is 2.52 bits per heavy atom. The minimum atomic E-state index is -3.68. The SMILES string of the molecule is Cc1ccc(S(=O)(=O)NC(C)C2CCCC2)cc1C(=O)O. The smallest absolute Gasteiger partial charge is 0.335 e. The molecule has 1 aromatic carbocycles. The largest absolute Gasteiger partial charge is 0.478 e. The number of sulfonamides is 1. The molecule has 1 atom stereocenters. The van der Waals surface area contributed by atoms with E-state index in [2.05, 4.69) is 4.72 Å². The van der Waals surface area contributed by atoms with Gasteiger partial charge in [-0.1, -0.05) is 18.9 Å². The van der Waals surface area contributed by atoms with Crippen molar-refractivity contribution in [3.8, 4) is 0 Å². The van der Waals surface area contributed by atoms with Gasteiger partial charge in [0.05, 0.1) is 10.5 Å². The third-order valence-corrected chi connectivity index (χ3v) is 5.75. The fourth-order valence-corrected chi connectivity index (χ4v) is 4.20. The van der Waals surface area contributed by atoms with Gasteiger partial charge in [-0.15, -0.1) is 0 Å². The number of hydrogen-bond donors (Lipinski definition) is 2. The first-order chi connectivity index (χ1) is 9.81. The molecule has 0 heterocycles. The molecular formula is C15H21NO4S. The molecule has 6 heteroatoms. The number of benzene rings is 1. The quantitative estimate of drug-likeness (QED) is 0.875. The lowest BCUT2D eigenvalue weighted by Crippen LogP contribution is -2.37. The van der Waals surface area contributed by atoms with Gasteiger partial charge in [0.25, 0.3) is 0 Å². The lowest BCUT2D eigenvalue weighted by atomic mass is 10.0. The molecule has 1 saturated carbocycles. The third-order valence-electron chi connectivity index (χ3n) is 4.20. The normalized spacial score (nSPS) is 17.8. The van der Waals surface area contributed by atoms with Gasteiger partial charge in [0.15, 0.2) is 0 Å². The highest BCUT2D eigenvalue weighted by Gasteiger charge is 2.26. The van der Waals surface area contributed by atoms with Crippen LogP contribution < -0.4 is 4.72 Å². The Morgan fingerprint density at radius 1 is 1.33 bits per heavy atom. The highest BCUT2D eigenvalue weighted by Crippen LogP contribution is 2.28. The van der Waals surface area contributed by atoms with Crippen molar-refractivity contribution in [1.29, 1.82) is 0 Å². The summed E-state index contributed by atoms with van der Waals surface area (Å²) >= 11 is 0. The summed E-state index contributed by atoms with van der Waals surface area (Å²) in [5.41, 5.74) is 0.566. The Hall–Kier alpha value is -1.40. The Labute approximate surface area is 125 Å².